The van der Waals surface area contributed by atoms with E-state index in [2.05, 4.69) is 37.3 Å². The summed E-state index contributed by atoms with van der Waals surface area (Å²) in [6, 6.07) is 11.2. The first-order valence-corrected chi connectivity index (χ1v) is 5.86. The minimum Gasteiger partial charge on any atom is -0.128 e. The van der Waals surface area contributed by atoms with Gasteiger partial charge in [0.1, 0.15) is 0 Å². The number of benzene rings is 1. The Labute approximate surface area is 80.1 Å². The summed E-state index contributed by atoms with van der Waals surface area (Å²) >= 11 is 0. The van der Waals surface area contributed by atoms with Crippen LogP contribution in [0, 0.1) is 0 Å². The largest absolute Gasteiger partial charge is 0.128 e. The molecule has 3 rings (SSSR count). The van der Waals surface area contributed by atoms with Gasteiger partial charge in [0, 0.05) is 0 Å². The van der Waals surface area contributed by atoms with Crippen molar-refractivity contribution in [3.8, 4) is 0 Å². The van der Waals surface area contributed by atoms with E-state index < -0.39 is 0 Å². The standard InChI is InChI=1S/C12H13P/c1-12(6-7-12)11-8-9-4-2-3-5-10(9)13-11/h2-5,8,13H,6-7H2,1H3. The van der Waals surface area contributed by atoms with E-state index >= 15 is 0 Å². The van der Waals surface area contributed by atoms with E-state index in [9.17, 15) is 0 Å². The second-order valence-electron chi connectivity index (χ2n) is 4.33. The molecular weight excluding hydrogens is 175 g/mol. The smallest absolute Gasteiger partial charge is 0.00154 e. The highest BCUT2D eigenvalue weighted by molar-refractivity contribution is 7.38. The van der Waals surface area contributed by atoms with Crippen molar-refractivity contribution >= 4 is 18.7 Å². The van der Waals surface area contributed by atoms with Crippen LogP contribution in [-0.4, -0.2) is 0 Å². The molecule has 1 aromatic heterocycles. The third kappa shape index (κ3) is 1.13. The van der Waals surface area contributed by atoms with Gasteiger partial charge in [-0.15, -0.1) is 8.19 Å². The topological polar surface area (TPSA) is 0 Å². The summed E-state index contributed by atoms with van der Waals surface area (Å²) in [5, 5.41) is 4.70. The summed E-state index contributed by atoms with van der Waals surface area (Å²) in [6.07, 6.45) is 2.81. The summed E-state index contributed by atoms with van der Waals surface area (Å²) in [5.74, 6) is 0. The summed E-state index contributed by atoms with van der Waals surface area (Å²) in [7, 11) is 0.946. The normalized spacial score (nSPS) is 19.8. The Hall–Kier alpha value is -0.740. The molecule has 1 aliphatic carbocycles. The molecule has 2 aromatic rings. The SMILES string of the molecule is CC1(c2cc3ccccc3[pH]2)CC1. The molecule has 66 valence electrons. The van der Waals surface area contributed by atoms with E-state index in [-0.39, 0.29) is 0 Å². The Bertz CT molecular complexity index is 416. The lowest BCUT2D eigenvalue weighted by Gasteiger charge is -2.02. The molecule has 13 heavy (non-hydrogen) atoms. The zero-order valence-corrected chi connectivity index (χ0v) is 8.80. The van der Waals surface area contributed by atoms with E-state index in [1.54, 1.807) is 10.4 Å². The molecule has 1 atom stereocenters. The van der Waals surface area contributed by atoms with Gasteiger partial charge in [-0.3, -0.25) is 0 Å². The Kier molecular flexibility index (Phi) is 1.41. The van der Waals surface area contributed by atoms with Gasteiger partial charge < -0.3 is 0 Å². The van der Waals surface area contributed by atoms with Gasteiger partial charge in [-0.1, -0.05) is 31.2 Å². The molecule has 1 heteroatoms. The minimum absolute atomic E-state index is 0.581. The quantitative estimate of drug-likeness (QED) is 0.636. The van der Waals surface area contributed by atoms with Crippen molar-refractivity contribution in [3.63, 3.8) is 0 Å². The molecule has 1 aliphatic rings. The van der Waals surface area contributed by atoms with Gasteiger partial charge in [0.25, 0.3) is 0 Å². The summed E-state index contributed by atoms with van der Waals surface area (Å²) in [4.78, 5) is 0. The van der Waals surface area contributed by atoms with Crippen LogP contribution < -0.4 is 0 Å². The number of rotatable bonds is 1. The van der Waals surface area contributed by atoms with Crippen molar-refractivity contribution in [2.24, 2.45) is 0 Å². The van der Waals surface area contributed by atoms with E-state index in [1.807, 2.05) is 0 Å². The molecule has 0 saturated heterocycles. The number of fused-ring (bicyclic) bond motifs is 1. The van der Waals surface area contributed by atoms with Gasteiger partial charge >= 0.3 is 0 Å². The van der Waals surface area contributed by atoms with E-state index in [1.165, 1.54) is 18.2 Å². The molecule has 1 unspecified atom stereocenters. The molecule has 0 bridgehead atoms. The maximum atomic E-state index is 2.42. The second kappa shape index (κ2) is 2.39. The van der Waals surface area contributed by atoms with Crippen LogP contribution in [0.15, 0.2) is 30.3 Å². The van der Waals surface area contributed by atoms with Crippen molar-refractivity contribution in [1.29, 1.82) is 0 Å². The van der Waals surface area contributed by atoms with Crippen LogP contribution in [0.3, 0.4) is 0 Å². The molecule has 1 saturated carbocycles. The molecule has 0 nitrogen and oxygen atoms in total. The van der Waals surface area contributed by atoms with Crippen molar-refractivity contribution in [3.05, 3.63) is 35.6 Å². The molecular formula is C12H13P. The van der Waals surface area contributed by atoms with Crippen molar-refractivity contribution < 1.29 is 0 Å². The molecule has 0 N–H and O–H groups in total. The van der Waals surface area contributed by atoms with Crippen LogP contribution >= 0.6 is 8.19 Å². The Morgan fingerprint density at radius 1 is 1.23 bits per heavy atom. The van der Waals surface area contributed by atoms with Crippen molar-refractivity contribution in [1.82, 2.24) is 0 Å². The maximum Gasteiger partial charge on any atom is -0.00154 e. The van der Waals surface area contributed by atoms with Crippen LogP contribution in [0.25, 0.3) is 10.5 Å². The second-order valence-corrected chi connectivity index (χ2v) is 5.66. The summed E-state index contributed by atoms with van der Waals surface area (Å²) in [6.45, 7) is 2.40. The third-order valence-electron chi connectivity index (χ3n) is 3.18. The third-order valence-corrected chi connectivity index (χ3v) is 4.92. The summed E-state index contributed by atoms with van der Waals surface area (Å²) < 4.78 is 0. The van der Waals surface area contributed by atoms with Crippen LogP contribution in [0.4, 0.5) is 0 Å². The monoisotopic (exact) mass is 188 g/mol. The van der Waals surface area contributed by atoms with Gasteiger partial charge in [-0.2, -0.15) is 0 Å². The highest BCUT2D eigenvalue weighted by Gasteiger charge is 2.39. The van der Waals surface area contributed by atoms with Gasteiger partial charge in [-0.25, -0.2) is 0 Å². The maximum absolute atomic E-state index is 2.42. The number of hydrogen-bond acceptors (Lipinski definition) is 0. The Morgan fingerprint density at radius 2 is 2.00 bits per heavy atom. The van der Waals surface area contributed by atoms with Crippen molar-refractivity contribution in [2.45, 2.75) is 25.2 Å². The fourth-order valence-corrected chi connectivity index (χ4v) is 3.40. The predicted octanol–water partition coefficient (Wildman–Crippen LogP) is 3.92. The molecule has 0 radical (unpaired) electrons. The Morgan fingerprint density at radius 3 is 2.69 bits per heavy atom. The van der Waals surface area contributed by atoms with Crippen LogP contribution in [0.5, 0.6) is 0 Å². The Balaban J connectivity index is 2.22. The predicted molar refractivity (Wildman–Crippen MR) is 60.0 cm³/mol. The lowest BCUT2D eigenvalue weighted by Crippen LogP contribution is -1.93. The molecule has 1 aromatic carbocycles. The van der Waals surface area contributed by atoms with E-state index in [0.29, 0.717) is 5.41 Å². The first-order chi connectivity index (χ1) is 6.28. The summed E-state index contributed by atoms with van der Waals surface area (Å²) in [5.41, 5.74) is 0.581. The van der Waals surface area contributed by atoms with Crippen LogP contribution in [-0.2, 0) is 5.41 Å². The molecule has 0 aliphatic heterocycles. The van der Waals surface area contributed by atoms with E-state index in [4.69, 9.17) is 0 Å². The lowest BCUT2D eigenvalue weighted by atomic mass is 10.1. The van der Waals surface area contributed by atoms with Gasteiger partial charge in [0.15, 0.2) is 0 Å². The highest BCUT2D eigenvalue weighted by atomic mass is 31.0. The van der Waals surface area contributed by atoms with E-state index in [0.717, 1.165) is 8.19 Å². The van der Waals surface area contributed by atoms with Crippen LogP contribution in [0.1, 0.15) is 25.1 Å². The fourth-order valence-electron chi connectivity index (χ4n) is 1.86. The molecule has 1 heterocycles. The first kappa shape index (κ1) is 7.64. The molecule has 0 amide bonds. The molecule has 1 fully saturated rings. The molecule has 0 spiro atoms. The zero-order valence-electron chi connectivity index (χ0n) is 7.80. The average molecular weight is 188 g/mol. The first-order valence-electron chi connectivity index (χ1n) is 4.86. The minimum atomic E-state index is 0.581. The van der Waals surface area contributed by atoms with Gasteiger partial charge in [0.2, 0.25) is 0 Å². The lowest BCUT2D eigenvalue weighted by molar-refractivity contribution is 0.810. The van der Waals surface area contributed by atoms with Gasteiger partial charge in [0.05, 0.1) is 0 Å². The fraction of sp³-hybridized carbons (Fsp3) is 0.333. The van der Waals surface area contributed by atoms with Crippen molar-refractivity contribution in [2.75, 3.05) is 0 Å². The average Bonchev–Trinajstić information content (AvgIpc) is 2.76. The van der Waals surface area contributed by atoms with Crippen LogP contribution in [0.2, 0.25) is 0 Å². The van der Waals surface area contributed by atoms with Gasteiger partial charge in [-0.05, 0) is 40.1 Å². The number of hydrogen-bond donors (Lipinski definition) is 0. The highest BCUT2D eigenvalue weighted by Crippen LogP contribution is 2.52. The zero-order chi connectivity index (χ0) is 8.89.